The van der Waals surface area contributed by atoms with E-state index in [2.05, 4.69) is 115 Å². The molecule has 0 amide bonds. The summed E-state index contributed by atoms with van der Waals surface area (Å²) in [7, 11) is 0. The second-order valence-corrected chi connectivity index (χ2v) is 11.8. The van der Waals surface area contributed by atoms with E-state index in [4.69, 9.17) is 20.1 Å². The molecule has 4 nitrogen and oxygen atoms in total. The van der Waals surface area contributed by atoms with Crippen LogP contribution in [-0.2, 0) is 0 Å². The predicted molar refractivity (Wildman–Crippen MR) is 194 cm³/mol. The van der Waals surface area contributed by atoms with Gasteiger partial charge in [-0.25, -0.2) is 9.98 Å². The van der Waals surface area contributed by atoms with Crippen LogP contribution in [0.1, 0.15) is 28.2 Å². The minimum Gasteiger partial charge on any atom is -0.485 e. The van der Waals surface area contributed by atoms with Crippen LogP contribution >= 0.6 is 0 Å². The number of nitrogens with zero attached hydrogens (tertiary/aromatic N) is 2. The largest absolute Gasteiger partial charge is 0.485 e. The van der Waals surface area contributed by atoms with Crippen molar-refractivity contribution >= 4 is 28.7 Å². The maximum Gasteiger partial charge on any atom is 0.161 e. The summed E-state index contributed by atoms with van der Waals surface area (Å²) in [6.45, 7) is 0. The lowest BCUT2D eigenvalue weighted by molar-refractivity contribution is 0.269. The van der Waals surface area contributed by atoms with E-state index in [-0.39, 0.29) is 17.9 Å². The summed E-state index contributed by atoms with van der Waals surface area (Å²) in [5.41, 5.74) is 8.17. The van der Waals surface area contributed by atoms with Crippen molar-refractivity contribution in [3.8, 4) is 28.0 Å². The first-order valence-corrected chi connectivity index (χ1v) is 15.8. The highest BCUT2D eigenvalue weighted by atomic mass is 16.5. The van der Waals surface area contributed by atoms with Gasteiger partial charge in [-0.1, -0.05) is 146 Å². The normalized spacial score (nSPS) is 16.6. The van der Waals surface area contributed by atoms with E-state index < -0.39 is 0 Å². The third kappa shape index (κ3) is 5.85. The van der Waals surface area contributed by atoms with E-state index >= 15 is 0 Å². The highest BCUT2D eigenvalue weighted by Gasteiger charge is 2.32. The number of aliphatic imine (C=N–C) groups is 2. The molecular formula is C43H31N3O. The van der Waals surface area contributed by atoms with Crippen LogP contribution in [0.5, 0.6) is 5.75 Å². The molecule has 2 unspecified atom stereocenters. The fourth-order valence-electron chi connectivity index (χ4n) is 6.23. The number of benzene rings is 6. The molecule has 0 aromatic heterocycles. The number of hydrogen-bond donors (Lipinski definition) is 1. The van der Waals surface area contributed by atoms with Crippen molar-refractivity contribution in [1.82, 2.24) is 0 Å². The van der Waals surface area contributed by atoms with Gasteiger partial charge in [0.25, 0.3) is 0 Å². The summed E-state index contributed by atoms with van der Waals surface area (Å²) in [5.74, 6) is 1.60. The fraction of sp³-hybridized carbons (Fsp3) is 0.0465. The predicted octanol–water partition coefficient (Wildman–Crippen LogP) is 10.0. The molecule has 6 aromatic rings. The number of amidine groups is 2. The van der Waals surface area contributed by atoms with E-state index in [1.54, 1.807) is 0 Å². The molecule has 224 valence electrons. The zero-order valence-electron chi connectivity index (χ0n) is 25.6. The van der Waals surface area contributed by atoms with Crippen LogP contribution in [0, 0.1) is 5.41 Å². The molecule has 8 rings (SSSR count). The molecule has 6 aromatic carbocycles. The van der Waals surface area contributed by atoms with Crippen molar-refractivity contribution < 1.29 is 4.74 Å². The summed E-state index contributed by atoms with van der Waals surface area (Å²) in [6.07, 6.45) is 10.1. The maximum absolute atomic E-state index is 8.99. The molecule has 4 heteroatoms. The second kappa shape index (κ2) is 12.3. The molecular weight excluding hydrogens is 574 g/mol. The second-order valence-electron chi connectivity index (χ2n) is 11.8. The average Bonchev–Trinajstić information content (AvgIpc) is 3.52. The van der Waals surface area contributed by atoms with Gasteiger partial charge in [-0.15, -0.1) is 0 Å². The lowest BCUT2D eigenvalue weighted by Crippen LogP contribution is -2.15. The smallest absolute Gasteiger partial charge is 0.161 e. The first-order valence-electron chi connectivity index (χ1n) is 15.8. The first kappa shape index (κ1) is 28.4. The van der Waals surface area contributed by atoms with Crippen LogP contribution in [0.25, 0.3) is 33.0 Å². The average molecular weight is 606 g/mol. The molecule has 2 atom stereocenters. The highest BCUT2D eigenvalue weighted by Crippen LogP contribution is 2.41. The van der Waals surface area contributed by atoms with Crippen LogP contribution in [0.3, 0.4) is 0 Å². The van der Waals surface area contributed by atoms with Crippen molar-refractivity contribution in [1.29, 1.82) is 5.41 Å². The van der Waals surface area contributed by atoms with Gasteiger partial charge in [0.1, 0.15) is 11.9 Å². The molecule has 0 saturated heterocycles. The molecule has 0 spiro atoms. The Balaban J connectivity index is 1.11. The molecule has 1 aliphatic carbocycles. The van der Waals surface area contributed by atoms with Gasteiger partial charge in [0.2, 0.25) is 0 Å². The first-order chi connectivity index (χ1) is 23.2. The Kier molecular flexibility index (Phi) is 7.44. The summed E-state index contributed by atoms with van der Waals surface area (Å²) in [6, 6.07) is 47.7. The SMILES string of the molecule is N=C(N=C(N=Cc1ccc(-c2ccccc2)cc1)c1ccc(-c2ccc3ccccc3c2)cc1)c1ccc2c(c1)OC1C=CC=CC21. The van der Waals surface area contributed by atoms with Crippen LogP contribution in [-0.4, -0.2) is 24.0 Å². The number of nitrogens with one attached hydrogen (secondary N) is 1. The molecule has 0 bridgehead atoms. The summed E-state index contributed by atoms with van der Waals surface area (Å²) in [5, 5.41) is 11.4. The van der Waals surface area contributed by atoms with E-state index in [1.807, 2.05) is 54.8 Å². The van der Waals surface area contributed by atoms with Crippen molar-refractivity contribution in [2.75, 3.05) is 0 Å². The lowest BCUT2D eigenvalue weighted by atomic mass is 9.91. The third-order valence-electron chi connectivity index (χ3n) is 8.79. The zero-order valence-corrected chi connectivity index (χ0v) is 25.6. The van der Waals surface area contributed by atoms with Crippen LogP contribution in [0.4, 0.5) is 0 Å². The zero-order chi connectivity index (χ0) is 31.6. The van der Waals surface area contributed by atoms with Gasteiger partial charge in [-0.2, -0.15) is 0 Å². The van der Waals surface area contributed by atoms with Crippen molar-refractivity contribution in [3.05, 3.63) is 186 Å². The molecule has 1 N–H and O–H groups in total. The van der Waals surface area contributed by atoms with Gasteiger partial charge in [-0.3, -0.25) is 5.41 Å². The summed E-state index contributed by atoms with van der Waals surface area (Å²) >= 11 is 0. The minimum absolute atomic E-state index is 0.00232. The minimum atomic E-state index is -0.00232. The molecule has 1 heterocycles. The lowest BCUT2D eigenvalue weighted by Gasteiger charge is -2.13. The molecule has 47 heavy (non-hydrogen) atoms. The van der Waals surface area contributed by atoms with Gasteiger partial charge in [0.15, 0.2) is 11.7 Å². The Bertz CT molecular complexity index is 2230. The van der Waals surface area contributed by atoms with Crippen LogP contribution in [0.15, 0.2) is 174 Å². The third-order valence-corrected chi connectivity index (χ3v) is 8.79. The molecule has 0 radical (unpaired) electrons. The Morgan fingerprint density at radius 3 is 2.09 bits per heavy atom. The topological polar surface area (TPSA) is 57.8 Å². The molecule has 0 fully saturated rings. The standard InChI is InChI=1S/C43H31N3O/c44-42(37-24-25-39-38-12-6-7-13-40(38)47-41(39)27-37)46-43(45-28-29-14-16-32(17-15-29)30-8-2-1-3-9-30)34-21-18-33(19-22-34)36-23-20-31-10-4-5-11-35(31)26-36/h1-28,38,40,44H. The van der Waals surface area contributed by atoms with Gasteiger partial charge in [0, 0.05) is 28.8 Å². The summed E-state index contributed by atoms with van der Waals surface area (Å²) in [4.78, 5) is 9.62. The number of allylic oxidation sites excluding steroid dienone is 2. The van der Waals surface area contributed by atoms with Gasteiger partial charge >= 0.3 is 0 Å². The Morgan fingerprint density at radius 1 is 0.596 bits per heavy atom. The van der Waals surface area contributed by atoms with Crippen molar-refractivity contribution in [3.63, 3.8) is 0 Å². The Hall–Kier alpha value is -6.13. The summed E-state index contributed by atoms with van der Waals surface area (Å²) < 4.78 is 6.21. The molecule has 0 saturated carbocycles. The van der Waals surface area contributed by atoms with E-state index in [9.17, 15) is 0 Å². The van der Waals surface area contributed by atoms with Crippen LogP contribution in [0.2, 0.25) is 0 Å². The monoisotopic (exact) mass is 605 g/mol. The fourth-order valence-corrected chi connectivity index (χ4v) is 6.23. The number of fused-ring (bicyclic) bond motifs is 4. The van der Waals surface area contributed by atoms with E-state index in [0.717, 1.165) is 39.1 Å². The molecule has 1 aliphatic heterocycles. The maximum atomic E-state index is 8.99. The van der Waals surface area contributed by atoms with Gasteiger partial charge in [0.05, 0.1) is 0 Å². The van der Waals surface area contributed by atoms with Gasteiger partial charge in [-0.05, 0) is 56.8 Å². The molecule has 2 aliphatic rings. The Morgan fingerprint density at radius 2 is 1.26 bits per heavy atom. The van der Waals surface area contributed by atoms with Crippen molar-refractivity contribution in [2.24, 2.45) is 9.98 Å². The van der Waals surface area contributed by atoms with E-state index in [1.165, 1.54) is 16.3 Å². The quantitative estimate of drug-likeness (QED) is 0.154. The van der Waals surface area contributed by atoms with Crippen LogP contribution < -0.4 is 4.74 Å². The van der Waals surface area contributed by atoms with Crippen molar-refractivity contribution in [2.45, 2.75) is 12.0 Å². The number of ether oxygens (including phenoxy) is 1. The Labute approximate surface area is 274 Å². The van der Waals surface area contributed by atoms with E-state index in [0.29, 0.717) is 11.4 Å². The number of rotatable bonds is 5. The highest BCUT2D eigenvalue weighted by molar-refractivity contribution is 6.13. The van der Waals surface area contributed by atoms with Gasteiger partial charge < -0.3 is 4.74 Å². The number of hydrogen-bond acceptors (Lipinski definition) is 2.